The zero-order chi connectivity index (χ0) is 14.0. The van der Waals surface area contributed by atoms with Crippen molar-refractivity contribution in [2.75, 3.05) is 20.1 Å². The number of likely N-dealkylation sites (N-methyl/N-ethyl adjacent to an activating group) is 1. The van der Waals surface area contributed by atoms with Crippen molar-refractivity contribution < 1.29 is 0 Å². The van der Waals surface area contributed by atoms with Gasteiger partial charge in [0.2, 0.25) is 0 Å². The second-order valence-electron chi connectivity index (χ2n) is 6.56. The van der Waals surface area contributed by atoms with Crippen LogP contribution in [0.2, 0.25) is 0 Å². The Bertz CT molecular complexity index is 437. The highest BCUT2D eigenvalue weighted by Gasteiger charge is 2.33. The smallest absolute Gasteiger partial charge is 0.0449 e. The Morgan fingerprint density at radius 1 is 1.32 bits per heavy atom. The zero-order valence-corrected chi connectivity index (χ0v) is 13.1. The first-order valence-electron chi connectivity index (χ1n) is 7.43. The van der Waals surface area contributed by atoms with E-state index < -0.39 is 0 Å². The van der Waals surface area contributed by atoms with Crippen LogP contribution in [-0.4, -0.2) is 30.6 Å². The molecule has 1 heterocycles. The SMILES string of the molecule is CNC(CN1CCCC1(C)C)c1ccc(C)cc1C. The third kappa shape index (κ3) is 3.18. The lowest BCUT2D eigenvalue weighted by Gasteiger charge is -2.35. The van der Waals surface area contributed by atoms with Crippen LogP contribution in [0.5, 0.6) is 0 Å². The van der Waals surface area contributed by atoms with Crippen LogP contribution in [0.15, 0.2) is 18.2 Å². The quantitative estimate of drug-likeness (QED) is 0.892. The van der Waals surface area contributed by atoms with Crippen LogP contribution >= 0.6 is 0 Å². The molecule has 19 heavy (non-hydrogen) atoms. The number of rotatable bonds is 4. The fraction of sp³-hybridized carbons (Fsp3) is 0.647. The lowest BCUT2D eigenvalue weighted by Crippen LogP contribution is -2.43. The van der Waals surface area contributed by atoms with Crippen LogP contribution in [0.3, 0.4) is 0 Å². The predicted molar refractivity (Wildman–Crippen MR) is 82.6 cm³/mol. The molecule has 1 aliphatic rings. The van der Waals surface area contributed by atoms with Gasteiger partial charge in [0.25, 0.3) is 0 Å². The van der Waals surface area contributed by atoms with E-state index in [4.69, 9.17) is 0 Å². The van der Waals surface area contributed by atoms with E-state index in [2.05, 4.69) is 63.2 Å². The number of likely N-dealkylation sites (tertiary alicyclic amines) is 1. The minimum Gasteiger partial charge on any atom is -0.312 e. The van der Waals surface area contributed by atoms with Gasteiger partial charge in [-0.2, -0.15) is 0 Å². The van der Waals surface area contributed by atoms with Crippen molar-refractivity contribution in [2.24, 2.45) is 0 Å². The second kappa shape index (κ2) is 5.64. The fourth-order valence-corrected chi connectivity index (χ4v) is 3.28. The van der Waals surface area contributed by atoms with Gasteiger partial charge in [-0.1, -0.05) is 23.8 Å². The molecular weight excluding hydrogens is 232 g/mol. The Hall–Kier alpha value is -0.860. The van der Waals surface area contributed by atoms with Crippen LogP contribution in [0.1, 0.15) is 49.4 Å². The molecule has 1 aliphatic heterocycles. The van der Waals surface area contributed by atoms with Crippen LogP contribution in [-0.2, 0) is 0 Å². The van der Waals surface area contributed by atoms with Crippen molar-refractivity contribution in [3.63, 3.8) is 0 Å². The molecule has 0 aromatic heterocycles. The maximum absolute atomic E-state index is 3.50. The molecule has 1 aromatic carbocycles. The number of benzene rings is 1. The minimum atomic E-state index is 0.355. The van der Waals surface area contributed by atoms with Gasteiger partial charge in [0.05, 0.1) is 0 Å². The topological polar surface area (TPSA) is 15.3 Å². The molecular formula is C17H28N2. The molecule has 2 nitrogen and oxygen atoms in total. The van der Waals surface area contributed by atoms with Gasteiger partial charge in [-0.15, -0.1) is 0 Å². The van der Waals surface area contributed by atoms with Crippen LogP contribution < -0.4 is 5.32 Å². The number of hydrogen-bond acceptors (Lipinski definition) is 2. The molecule has 0 radical (unpaired) electrons. The summed E-state index contributed by atoms with van der Waals surface area (Å²) in [5.74, 6) is 0. The summed E-state index contributed by atoms with van der Waals surface area (Å²) >= 11 is 0. The Balaban J connectivity index is 2.16. The summed E-state index contributed by atoms with van der Waals surface area (Å²) in [7, 11) is 2.08. The highest BCUT2D eigenvalue weighted by molar-refractivity contribution is 5.33. The van der Waals surface area contributed by atoms with Gasteiger partial charge in [-0.25, -0.2) is 0 Å². The zero-order valence-electron chi connectivity index (χ0n) is 13.1. The van der Waals surface area contributed by atoms with Gasteiger partial charge in [0.1, 0.15) is 0 Å². The van der Waals surface area contributed by atoms with E-state index in [1.807, 2.05) is 0 Å². The fourth-order valence-electron chi connectivity index (χ4n) is 3.28. The third-order valence-corrected chi connectivity index (χ3v) is 4.62. The normalized spacial score (nSPS) is 20.7. The molecule has 1 saturated heterocycles. The van der Waals surface area contributed by atoms with Crippen molar-refractivity contribution in [1.29, 1.82) is 0 Å². The summed E-state index contributed by atoms with van der Waals surface area (Å²) in [4.78, 5) is 2.63. The molecule has 0 amide bonds. The van der Waals surface area contributed by atoms with E-state index in [1.54, 1.807) is 0 Å². The van der Waals surface area contributed by atoms with Gasteiger partial charge in [0, 0.05) is 18.1 Å². The second-order valence-corrected chi connectivity index (χ2v) is 6.56. The monoisotopic (exact) mass is 260 g/mol. The standard InChI is InChI=1S/C17H28N2/c1-13-7-8-15(14(2)11-13)16(18-5)12-19-10-6-9-17(19,3)4/h7-8,11,16,18H,6,9-10,12H2,1-5H3. The summed E-state index contributed by atoms with van der Waals surface area (Å²) in [5, 5.41) is 3.50. The van der Waals surface area contributed by atoms with Crippen LogP contribution in [0.25, 0.3) is 0 Å². The highest BCUT2D eigenvalue weighted by atomic mass is 15.2. The first kappa shape index (κ1) is 14.5. The molecule has 106 valence electrons. The van der Waals surface area contributed by atoms with E-state index in [0.29, 0.717) is 11.6 Å². The summed E-state index contributed by atoms with van der Waals surface area (Å²) in [6.07, 6.45) is 2.65. The molecule has 0 bridgehead atoms. The van der Waals surface area contributed by atoms with Gasteiger partial charge >= 0.3 is 0 Å². The number of nitrogens with one attached hydrogen (secondary N) is 1. The van der Waals surface area contributed by atoms with Crippen molar-refractivity contribution in [1.82, 2.24) is 10.2 Å². The van der Waals surface area contributed by atoms with Crippen molar-refractivity contribution in [2.45, 2.75) is 52.1 Å². The van der Waals surface area contributed by atoms with Gasteiger partial charge < -0.3 is 5.32 Å². The third-order valence-electron chi connectivity index (χ3n) is 4.62. The van der Waals surface area contributed by atoms with Gasteiger partial charge in [-0.05, 0) is 65.3 Å². The summed E-state index contributed by atoms with van der Waals surface area (Å²) in [6, 6.07) is 7.23. The highest BCUT2D eigenvalue weighted by Crippen LogP contribution is 2.30. The van der Waals surface area contributed by atoms with E-state index in [1.165, 1.54) is 36.1 Å². The summed E-state index contributed by atoms with van der Waals surface area (Å²) in [5.41, 5.74) is 4.54. The number of nitrogens with zero attached hydrogens (tertiary/aromatic N) is 1. The lowest BCUT2D eigenvalue weighted by atomic mass is 9.97. The minimum absolute atomic E-state index is 0.355. The molecule has 1 N–H and O–H groups in total. The molecule has 0 saturated carbocycles. The van der Waals surface area contributed by atoms with E-state index in [0.717, 1.165) is 6.54 Å². The largest absolute Gasteiger partial charge is 0.312 e. The summed E-state index contributed by atoms with van der Waals surface area (Å²) < 4.78 is 0. The molecule has 2 rings (SSSR count). The maximum Gasteiger partial charge on any atom is 0.0449 e. The Morgan fingerprint density at radius 2 is 2.05 bits per heavy atom. The van der Waals surface area contributed by atoms with E-state index in [-0.39, 0.29) is 0 Å². The van der Waals surface area contributed by atoms with Crippen molar-refractivity contribution >= 4 is 0 Å². The van der Waals surface area contributed by atoms with E-state index >= 15 is 0 Å². The molecule has 0 aliphatic carbocycles. The first-order chi connectivity index (χ1) is 8.94. The number of aryl methyl sites for hydroxylation is 2. The Kier molecular flexibility index (Phi) is 4.32. The van der Waals surface area contributed by atoms with E-state index in [9.17, 15) is 0 Å². The van der Waals surface area contributed by atoms with Crippen LogP contribution in [0, 0.1) is 13.8 Å². The lowest BCUT2D eigenvalue weighted by molar-refractivity contribution is 0.158. The predicted octanol–water partition coefficient (Wildman–Crippen LogP) is 3.44. The Labute approximate surface area is 118 Å². The Morgan fingerprint density at radius 3 is 2.58 bits per heavy atom. The van der Waals surface area contributed by atoms with Crippen LogP contribution in [0.4, 0.5) is 0 Å². The summed E-state index contributed by atoms with van der Waals surface area (Å²) in [6.45, 7) is 11.5. The number of hydrogen-bond donors (Lipinski definition) is 1. The molecule has 1 aromatic rings. The first-order valence-corrected chi connectivity index (χ1v) is 7.43. The average molecular weight is 260 g/mol. The molecule has 1 atom stereocenters. The average Bonchev–Trinajstić information content (AvgIpc) is 2.66. The maximum atomic E-state index is 3.50. The van der Waals surface area contributed by atoms with Gasteiger partial charge in [-0.3, -0.25) is 4.90 Å². The molecule has 2 heteroatoms. The van der Waals surface area contributed by atoms with Crippen molar-refractivity contribution in [3.05, 3.63) is 34.9 Å². The van der Waals surface area contributed by atoms with Gasteiger partial charge in [0.15, 0.2) is 0 Å². The molecule has 1 unspecified atom stereocenters. The van der Waals surface area contributed by atoms with Crippen molar-refractivity contribution in [3.8, 4) is 0 Å². The molecule has 0 spiro atoms. The molecule has 1 fully saturated rings.